The van der Waals surface area contributed by atoms with E-state index in [0.29, 0.717) is 13.2 Å². The first-order valence-corrected chi connectivity index (χ1v) is 18.8. The van der Waals surface area contributed by atoms with Crippen molar-refractivity contribution < 1.29 is 38.1 Å². The maximum atomic E-state index is 13.9. The number of hydrogen-bond donors (Lipinski definition) is 1. The number of hydrogen-bond acceptors (Lipinski definition) is 8. The summed E-state index contributed by atoms with van der Waals surface area (Å²) in [7, 11) is -2.05. The maximum Gasteiger partial charge on any atom is 0.192 e. The predicted molar refractivity (Wildman–Crippen MR) is 177 cm³/mol. The van der Waals surface area contributed by atoms with E-state index in [0.717, 1.165) is 11.1 Å². The van der Waals surface area contributed by atoms with Crippen molar-refractivity contribution in [3.05, 3.63) is 71.8 Å². The molecule has 45 heavy (non-hydrogen) atoms. The topological polar surface area (TPSA) is 101 Å². The summed E-state index contributed by atoms with van der Waals surface area (Å²) >= 11 is 0. The van der Waals surface area contributed by atoms with Gasteiger partial charge in [0.05, 0.1) is 38.6 Å². The summed E-state index contributed by atoms with van der Waals surface area (Å²) in [6, 6.07) is 19.2. The van der Waals surface area contributed by atoms with Crippen LogP contribution in [0.2, 0.25) is 18.1 Å². The first kappa shape index (κ1) is 37.2. The number of Topliss-reactive ketones (excluding diaryl/α,β-unsaturated/α-hetero) is 2. The Balaban J connectivity index is 1.68. The van der Waals surface area contributed by atoms with E-state index in [9.17, 15) is 14.7 Å². The summed E-state index contributed by atoms with van der Waals surface area (Å²) in [6.07, 6.45) is -3.77. The van der Waals surface area contributed by atoms with Gasteiger partial charge in [-0.05, 0) is 43.1 Å². The van der Waals surface area contributed by atoms with Crippen LogP contribution in [0.1, 0.15) is 72.4 Å². The van der Waals surface area contributed by atoms with Crippen LogP contribution >= 0.6 is 0 Å². The quantitative estimate of drug-likeness (QED) is 0.192. The summed E-state index contributed by atoms with van der Waals surface area (Å²) in [6.45, 7) is 19.0. The van der Waals surface area contributed by atoms with E-state index in [-0.39, 0.29) is 42.7 Å². The second-order valence-electron chi connectivity index (χ2n) is 14.7. The van der Waals surface area contributed by atoms with E-state index in [2.05, 4.69) is 33.9 Å². The molecular formula is C36H54O8Si. The summed E-state index contributed by atoms with van der Waals surface area (Å²) in [5.41, 5.74) is 0.881. The molecule has 0 aromatic heterocycles. The van der Waals surface area contributed by atoms with Gasteiger partial charge in [-0.1, -0.05) is 95.3 Å². The van der Waals surface area contributed by atoms with Crippen LogP contribution in [-0.2, 0) is 46.2 Å². The number of ketones is 2. The fourth-order valence-electron chi connectivity index (χ4n) is 4.95. The standard InChI is InChI=1S/C36H54O8Si/c1-34(2,3)45(8,9)42-24-31-30(43-36(6,7)44-31)21-28(37)20-29(38)32(41-23-27-18-14-11-15-19-27)33(39)35(4,5)25-40-22-26-16-12-10-13-17-26/h10-19,29-32,38H,20-25H2,1-9H3/t29-,30-,31-,32-/m1/s1. The number of aliphatic hydroxyl groups excluding tert-OH is 1. The number of carbonyl (C=O) groups excluding carboxylic acids is 2. The molecule has 3 rings (SSSR count). The van der Waals surface area contributed by atoms with Gasteiger partial charge in [-0.25, -0.2) is 0 Å². The molecule has 250 valence electrons. The van der Waals surface area contributed by atoms with Gasteiger partial charge < -0.3 is 28.5 Å². The van der Waals surface area contributed by atoms with Crippen molar-refractivity contribution in [2.45, 2.75) is 123 Å². The lowest BCUT2D eigenvalue weighted by atomic mass is 9.83. The van der Waals surface area contributed by atoms with Crippen molar-refractivity contribution in [2.75, 3.05) is 13.2 Å². The maximum absolute atomic E-state index is 13.9. The fourth-order valence-corrected chi connectivity index (χ4v) is 5.97. The molecule has 1 fully saturated rings. The molecule has 2 aromatic rings. The smallest absolute Gasteiger partial charge is 0.192 e. The number of benzene rings is 2. The molecule has 9 heteroatoms. The molecule has 1 aliphatic heterocycles. The highest BCUT2D eigenvalue weighted by Gasteiger charge is 2.45. The zero-order chi connectivity index (χ0) is 33.5. The van der Waals surface area contributed by atoms with Gasteiger partial charge in [-0.3, -0.25) is 9.59 Å². The number of aliphatic hydroxyl groups is 1. The molecule has 1 N–H and O–H groups in total. The third kappa shape index (κ3) is 11.2. The van der Waals surface area contributed by atoms with Crippen LogP contribution in [0.5, 0.6) is 0 Å². The Labute approximate surface area is 270 Å². The van der Waals surface area contributed by atoms with Crippen LogP contribution in [0.4, 0.5) is 0 Å². The Hall–Kier alpha value is -2.24. The summed E-state index contributed by atoms with van der Waals surface area (Å²) in [5, 5.41) is 11.4. The van der Waals surface area contributed by atoms with E-state index < -0.39 is 43.9 Å². The lowest BCUT2D eigenvalue weighted by molar-refractivity contribution is -0.154. The second-order valence-corrected chi connectivity index (χ2v) is 19.6. The normalized spacial score (nSPS) is 20.1. The van der Waals surface area contributed by atoms with Crippen LogP contribution in [0.15, 0.2) is 60.7 Å². The molecule has 1 heterocycles. The van der Waals surface area contributed by atoms with E-state index in [1.54, 1.807) is 13.8 Å². The lowest BCUT2D eigenvalue weighted by Gasteiger charge is -2.37. The van der Waals surface area contributed by atoms with E-state index in [4.69, 9.17) is 23.4 Å². The van der Waals surface area contributed by atoms with Gasteiger partial charge in [0.25, 0.3) is 0 Å². The lowest BCUT2D eigenvalue weighted by Crippen LogP contribution is -2.46. The van der Waals surface area contributed by atoms with Gasteiger partial charge in [-0.15, -0.1) is 0 Å². The number of rotatable bonds is 17. The summed E-state index contributed by atoms with van der Waals surface area (Å²) < 4.78 is 30.6. The molecule has 8 nitrogen and oxygen atoms in total. The SMILES string of the molecule is CC1(C)O[C@H](CO[Si](C)(C)C(C)(C)C)[C@@H](CC(=O)C[C@@H](O)[C@@H](OCc2ccccc2)C(=O)C(C)(C)COCc2ccccc2)O1. The Bertz CT molecular complexity index is 1220. The largest absolute Gasteiger partial charge is 0.414 e. The first-order valence-electron chi connectivity index (χ1n) is 15.9. The van der Waals surface area contributed by atoms with Crippen molar-refractivity contribution in [3.8, 4) is 0 Å². The highest BCUT2D eigenvalue weighted by Crippen LogP contribution is 2.38. The summed E-state index contributed by atoms with van der Waals surface area (Å²) in [4.78, 5) is 27.2. The zero-order valence-electron chi connectivity index (χ0n) is 28.6. The molecule has 0 spiro atoms. The van der Waals surface area contributed by atoms with Crippen LogP contribution < -0.4 is 0 Å². The van der Waals surface area contributed by atoms with Crippen molar-refractivity contribution in [1.29, 1.82) is 0 Å². The molecule has 1 saturated heterocycles. The van der Waals surface area contributed by atoms with Crippen LogP contribution in [0.25, 0.3) is 0 Å². The van der Waals surface area contributed by atoms with Gasteiger partial charge in [0.15, 0.2) is 19.9 Å². The van der Waals surface area contributed by atoms with E-state index in [1.807, 2.05) is 74.5 Å². The van der Waals surface area contributed by atoms with Crippen LogP contribution in [0, 0.1) is 5.41 Å². The third-order valence-corrected chi connectivity index (χ3v) is 13.2. The van der Waals surface area contributed by atoms with Crippen molar-refractivity contribution >= 4 is 19.9 Å². The highest BCUT2D eigenvalue weighted by atomic mass is 28.4. The van der Waals surface area contributed by atoms with Crippen molar-refractivity contribution in [3.63, 3.8) is 0 Å². The van der Waals surface area contributed by atoms with Crippen molar-refractivity contribution in [1.82, 2.24) is 0 Å². The monoisotopic (exact) mass is 642 g/mol. The molecule has 0 amide bonds. The first-order chi connectivity index (χ1) is 20.9. The minimum Gasteiger partial charge on any atom is -0.414 e. The molecule has 4 atom stereocenters. The van der Waals surface area contributed by atoms with Crippen LogP contribution in [-0.4, -0.2) is 68.4 Å². The van der Waals surface area contributed by atoms with Gasteiger partial charge >= 0.3 is 0 Å². The molecule has 2 aromatic carbocycles. The van der Waals surface area contributed by atoms with Crippen LogP contribution in [0.3, 0.4) is 0 Å². The van der Waals surface area contributed by atoms with Gasteiger partial charge in [0.2, 0.25) is 0 Å². The molecule has 0 radical (unpaired) electrons. The molecule has 0 saturated carbocycles. The van der Waals surface area contributed by atoms with Gasteiger partial charge in [0, 0.05) is 18.3 Å². The van der Waals surface area contributed by atoms with Gasteiger partial charge in [-0.2, -0.15) is 0 Å². The average Bonchev–Trinajstić information content (AvgIpc) is 3.24. The Kier molecular flexibility index (Phi) is 12.9. The second kappa shape index (κ2) is 15.6. The third-order valence-electron chi connectivity index (χ3n) is 8.69. The summed E-state index contributed by atoms with van der Waals surface area (Å²) in [5.74, 6) is -1.44. The fraction of sp³-hybridized carbons (Fsp3) is 0.611. The Morgan fingerprint density at radius 1 is 0.889 bits per heavy atom. The average molecular weight is 643 g/mol. The number of carbonyl (C=O) groups is 2. The Morgan fingerprint density at radius 2 is 1.42 bits per heavy atom. The van der Waals surface area contributed by atoms with E-state index >= 15 is 0 Å². The van der Waals surface area contributed by atoms with Crippen molar-refractivity contribution in [2.24, 2.45) is 5.41 Å². The number of ether oxygens (including phenoxy) is 4. The van der Waals surface area contributed by atoms with Gasteiger partial charge in [0.1, 0.15) is 18.0 Å². The molecular weight excluding hydrogens is 588 g/mol. The van der Waals surface area contributed by atoms with E-state index in [1.165, 1.54) is 0 Å². The minimum atomic E-state index is -2.05. The molecule has 1 aliphatic rings. The highest BCUT2D eigenvalue weighted by molar-refractivity contribution is 6.74. The zero-order valence-corrected chi connectivity index (χ0v) is 29.6. The molecule has 0 unspecified atom stereocenters. The predicted octanol–water partition coefficient (Wildman–Crippen LogP) is 6.64. The molecule has 0 bridgehead atoms. The minimum absolute atomic E-state index is 0.0230. The molecule has 0 aliphatic carbocycles. The Morgan fingerprint density at radius 3 is 1.98 bits per heavy atom.